The topological polar surface area (TPSA) is 67.4 Å². The molecule has 0 saturated heterocycles. The molecule has 1 heterocycles. The van der Waals surface area contributed by atoms with E-state index in [0.717, 1.165) is 6.54 Å². The van der Waals surface area contributed by atoms with Gasteiger partial charge in [-0.15, -0.1) is 10.2 Å². The van der Waals surface area contributed by atoms with E-state index in [0.29, 0.717) is 11.7 Å². The summed E-state index contributed by atoms with van der Waals surface area (Å²) in [6.45, 7) is 6.66. The highest BCUT2D eigenvalue weighted by Gasteiger charge is 2.10. The van der Waals surface area contributed by atoms with Gasteiger partial charge in [-0.2, -0.15) is 10.1 Å². The number of rotatable bonds is 3. The maximum Gasteiger partial charge on any atom is 0.191 e. The maximum atomic E-state index is 8.61. The summed E-state index contributed by atoms with van der Waals surface area (Å²) in [6, 6.07) is 2.07. The first kappa shape index (κ1) is 9.65. The highest BCUT2D eigenvalue weighted by Crippen LogP contribution is 2.06. The molecule has 70 valence electrons. The first-order valence-electron chi connectivity index (χ1n) is 4.30. The van der Waals surface area contributed by atoms with Crippen LogP contribution in [0.2, 0.25) is 0 Å². The Bertz CT molecular complexity index is 309. The largest absolute Gasteiger partial charge is 0.198 e. The van der Waals surface area contributed by atoms with E-state index in [-0.39, 0.29) is 5.92 Å². The first-order chi connectivity index (χ1) is 6.13. The van der Waals surface area contributed by atoms with Gasteiger partial charge in [-0.25, -0.2) is 0 Å². The molecule has 1 rings (SSSR count). The molecule has 1 unspecified atom stereocenters. The van der Waals surface area contributed by atoms with Crippen molar-refractivity contribution in [2.45, 2.75) is 33.2 Å². The standard InChI is InChI=1S/C8H13N5/c1-6(2)5-13-11-8(10-12-13)7(3)4-9/h6-7H,5H2,1-3H3. The van der Waals surface area contributed by atoms with Crippen molar-refractivity contribution >= 4 is 0 Å². The number of tetrazole rings is 1. The second-order valence-corrected chi connectivity index (χ2v) is 3.45. The van der Waals surface area contributed by atoms with Crippen LogP contribution in [0.5, 0.6) is 0 Å². The van der Waals surface area contributed by atoms with Gasteiger partial charge in [-0.3, -0.25) is 0 Å². The van der Waals surface area contributed by atoms with Gasteiger partial charge in [-0.1, -0.05) is 13.8 Å². The average molecular weight is 179 g/mol. The van der Waals surface area contributed by atoms with Crippen LogP contribution in [0.4, 0.5) is 0 Å². The Morgan fingerprint density at radius 2 is 2.15 bits per heavy atom. The summed E-state index contributed by atoms with van der Waals surface area (Å²) in [5.41, 5.74) is 0. The Hall–Kier alpha value is -1.44. The minimum absolute atomic E-state index is 0.277. The summed E-state index contributed by atoms with van der Waals surface area (Å²) in [5, 5.41) is 20.4. The van der Waals surface area contributed by atoms with Crippen LogP contribution in [0.25, 0.3) is 0 Å². The predicted octanol–water partition coefficient (Wildman–Crippen LogP) is 0.956. The van der Waals surface area contributed by atoms with E-state index in [9.17, 15) is 0 Å². The monoisotopic (exact) mass is 179 g/mol. The van der Waals surface area contributed by atoms with Gasteiger partial charge in [0.05, 0.1) is 12.6 Å². The molecule has 1 atom stereocenters. The van der Waals surface area contributed by atoms with Gasteiger partial charge in [0.2, 0.25) is 0 Å². The van der Waals surface area contributed by atoms with Gasteiger partial charge in [0.15, 0.2) is 5.82 Å². The van der Waals surface area contributed by atoms with E-state index in [4.69, 9.17) is 5.26 Å². The zero-order valence-corrected chi connectivity index (χ0v) is 8.10. The predicted molar refractivity (Wildman–Crippen MR) is 46.7 cm³/mol. The Kier molecular flexibility index (Phi) is 2.96. The van der Waals surface area contributed by atoms with E-state index in [2.05, 4.69) is 35.3 Å². The van der Waals surface area contributed by atoms with Crippen LogP contribution in [0, 0.1) is 17.2 Å². The number of hydrogen-bond acceptors (Lipinski definition) is 4. The Labute approximate surface area is 77.4 Å². The molecule has 13 heavy (non-hydrogen) atoms. The highest BCUT2D eigenvalue weighted by atomic mass is 15.6. The van der Waals surface area contributed by atoms with Crippen LogP contribution in [-0.4, -0.2) is 20.2 Å². The van der Waals surface area contributed by atoms with E-state index in [1.165, 1.54) is 4.80 Å². The molecule has 0 N–H and O–H groups in total. The highest BCUT2D eigenvalue weighted by molar-refractivity contribution is 5.01. The van der Waals surface area contributed by atoms with Crippen molar-refractivity contribution in [1.82, 2.24) is 20.2 Å². The van der Waals surface area contributed by atoms with Crippen molar-refractivity contribution in [2.24, 2.45) is 5.92 Å². The summed E-state index contributed by atoms with van der Waals surface area (Å²) in [5.74, 6) is 0.712. The fourth-order valence-corrected chi connectivity index (χ4v) is 0.891. The minimum Gasteiger partial charge on any atom is -0.198 e. The zero-order valence-electron chi connectivity index (χ0n) is 8.10. The quantitative estimate of drug-likeness (QED) is 0.693. The molecule has 1 aromatic heterocycles. The Morgan fingerprint density at radius 3 is 2.69 bits per heavy atom. The molecule has 1 aromatic rings. The van der Waals surface area contributed by atoms with Gasteiger partial charge < -0.3 is 0 Å². The van der Waals surface area contributed by atoms with Crippen molar-refractivity contribution in [3.8, 4) is 6.07 Å². The van der Waals surface area contributed by atoms with E-state index in [1.807, 2.05) is 0 Å². The van der Waals surface area contributed by atoms with Crippen molar-refractivity contribution in [3.63, 3.8) is 0 Å². The van der Waals surface area contributed by atoms with Crippen LogP contribution in [0.1, 0.15) is 32.5 Å². The summed E-state index contributed by atoms with van der Waals surface area (Å²) in [4.78, 5) is 1.54. The molecular weight excluding hydrogens is 166 g/mol. The van der Waals surface area contributed by atoms with Crippen molar-refractivity contribution in [2.75, 3.05) is 0 Å². The molecule has 0 bridgehead atoms. The lowest BCUT2D eigenvalue weighted by molar-refractivity contribution is 0.428. The molecular formula is C8H13N5. The smallest absolute Gasteiger partial charge is 0.191 e. The second kappa shape index (κ2) is 3.99. The van der Waals surface area contributed by atoms with Gasteiger partial charge >= 0.3 is 0 Å². The molecule has 0 radical (unpaired) electrons. The number of nitriles is 1. The molecule has 0 amide bonds. The number of aromatic nitrogens is 4. The lowest BCUT2D eigenvalue weighted by atomic mass is 10.2. The van der Waals surface area contributed by atoms with E-state index in [1.54, 1.807) is 6.92 Å². The van der Waals surface area contributed by atoms with Crippen molar-refractivity contribution in [3.05, 3.63) is 5.82 Å². The van der Waals surface area contributed by atoms with Crippen LogP contribution >= 0.6 is 0 Å². The van der Waals surface area contributed by atoms with Crippen LogP contribution in [0.3, 0.4) is 0 Å². The van der Waals surface area contributed by atoms with Gasteiger partial charge in [-0.05, 0) is 18.1 Å². The Balaban J connectivity index is 2.70. The van der Waals surface area contributed by atoms with Crippen LogP contribution < -0.4 is 0 Å². The van der Waals surface area contributed by atoms with Crippen molar-refractivity contribution in [1.29, 1.82) is 5.26 Å². The molecule has 0 aliphatic heterocycles. The molecule has 0 fully saturated rings. The first-order valence-corrected chi connectivity index (χ1v) is 4.30. The lowest BCUT2D eigenvalue weighted by Gasteiger charge is -2.00. The van der Waals surface area contributed by atoms with Crippen molar-refractivity contribution < 1.29 is 0 Å². The number of nitrogens with zero attached hydrogens (tertiary/aromatic N) is 5. The van der Waals surface area contributed by atoms with Gasteiger partial charge in [0, 0.05) is 0 Å². The molecule has 5 heteroatoms. The Morgan fingerprint density at radius 1 is 1.46 bits per heavy atom. The second-order valence-electron chi connectivity index (χ2n) is 3.45. The van der Waals surface area contributed by atoms with Crippen LogP contribution in [0.15, 0.2) is 0 Å². The normalized spacial score (nSPS) is 12.8. The SMILES string of the molecule is CC(C)Cn1nnc(C(C)C#N)n1. The fourth-order valence-electron chi connectivity index (χ4n) is 0.891. The van der Waals surface area contributed by atoms with E-state index < -0.39 is 0 Å². The summed E-state index contributed by atoms with van der Waals surface area (Å²) < 4.78 is 0. The maximum absolute atomic E-state index is 8.61. The fraction of sp³-hybridized carbons (Fsp3) is 0.750. The third-order valence-corrected chi connectivity index (χ3v) is 1.58. The molecule has 5 nitrogen and oxygen atoms in total. The molecule has 0 spiro atoms. The summed E-state index contributed by atoms with van der Waals surface area (Å²) in [6.07, 6.45) is 0. The summed E-state index contributed by atoms with van der Waals surface area (Å²) >= 11 is 0. The van der Waals surface area contributed by atoms with Gasteiger partial charge in [0.1, 0.15) is 5.92 Å². The summed E-state index contributed by atoms with van der Waals surface area (Å²) in [7, 11) is 0. The molecule has 0 saturated carbocycles. The lowest BCUT2D eigenvalue weighted by Crippen LogP contribution is -2.08. The van der Waals surface area contributed by atoms with Crippen LogP contribution in [-0.2, 0) is 6.54 Å². The molecule has 0 aliphatic carbocycles. The molecule has 0 aromatic carbocycles. The third-order valence-electron chi connectivity index (χ3n) is 1.58. The zero-order chi connectivity index (χ0) is 9.84. The van der Waals surface area contributed by atoms with E-state index >= 15 is 0 Å². The van der Waals surface area contributed by atoms with Gasteiger partial charge in [0.25, 0.3) is 0 Å². The molecule has 0 aliphatic rings. The third kappa shape index (κ3) is 2.51. The average Bonchev–Trinajstić information content (AvgIpc) is 2.50. The minimum atomic E-state index is -0.277. The number of hydrogen-bond donors (Lipinski definition) is 0.